The molecule has 0 fully saturated rings. The maximum atomic E-state index is 13.2. The molecule has 0 spiro atoms. The van der Waals surface area contributed by atoms with E-state index in [9.17, 15) is 9.59 Å². The van der Waals surface area contributed by atoms with Crippen molar-refractivity contribution in [3.05, 3.63) is 55.5 Å². The third kappa shape index (κ3) is 5.09. The first-order valence-electron chi connectivity index (χ1n) is 13.3. The summed E-state index contributed by atoms with van der Waals surface area (Å²) in [7, 11) is 0. The van der Waals surface area contributed by atoms with Crippen molar-refractivity contribution in [2.75, 3.05) is 25.0 Å². The van der Waals surface area contributed by atoms with E-state index >= 15 is 0 Å². The van der Waals surface area contributed by atoms with Crippen molar-refractivity contribution in [2.45, 2.75) is 72.9 Å². The highest BCUT2D eigenvalue weighted by atomic mass is 32.1. The number of amides is 2. The van der Waals surface area contributed by atoms with Gasteiger partial charge in [0, 0.05) is 46.3 Å². The quantitative estimate of drug-likeness (QED) is 0.362. The van der Waals surface area contributed by atoms with E-state index in [4.69, 9.17) is 4.74 Å². The van der Waals surface area contributed by atoms with Gasteiger partial charge in [-0.3, -0.25) is 10.2 Å². The normalized spacial score (nSPS) is 15.2. The summed E-state index contributed by atoms with van der Waals surface area (Å²) in [5.41, 5.74) is 6.55. The summed E-state index contributed by atoms with van der Waals surface area (Å²) in [6.45, 7) is 12.1. The minimum absolute atomic E-state index is 0.290. The smallest absolute Gasteiger partial charge is 0.341 e. The van der Waals surface area contributed by atoms with Crippen LogP contribution < -0.4 is 10.6 Å². The standard InChI is InChI=1S/C28H36N4O3S2/c1-5-31-14-13-19-21(26(37-23(19)16-31)32-17(3)11-12-18(32)4)15-29-28(34)30-25-24(27(33)35-6-2)20-9-7-8-10-22(20)36-25/h11-12H,5-10,13-16H2,1-4H3,(H2,29,30,34). The van der Waals surface area contributed by atoms with E-state index in [0.717, 1.165) is 57.3 Å². The molecule has 37 heavy (non-hydrogen) atoms. The lowest BCUT2D eigenvalue weighted by Gasteiger charge is -2.25. The summed E-state index contributed by atoms with van der Waals surface area (Å²) in [6.07, 6.45) is 4.97. The van der Waals surface area contributed by atoms with Crippen LogP contribution in [0.15, 0.2) is 12.1 Å². The third-order valence-electron chi connectivity index (χ3n) is 7.45. The van der Waals surface area contributed by atoms with Crippen molar-refractivity contribution in [2.24, 2.45) is 0 Å². The van der Waals surface area contributed by atoms with E-state index in [1.165, 1.54) is 48.6 Å². The number of nitrogens with zero attached hydrogens (tertiary/aromatic N) is 2. The Morgan fingerprint density at radius 1 is 1.00 bits per heavy atom. The average molecular weight is 541 g/mol. The van der Waals surface area contributed by atoms with Crippen molar-refractivity contribution in [3.8, 4) is 5.00 Å². The average Bonchev–Trinajstić information content (AvgIpc) is 3.54. The third-order valence-corrected chi connectivity index (χ3v) is 9.90. The monoisotopic (exact) mass is 540 g/mol. The molecule has 2 amide bonds. The van der Waals surface area contributed by atoms with Gasteiger partial charge in [0.05, 0.1) is 12.2 Å². The number of urea groups is 1. The van der Waals surface area contributed by atoms with Crippen molar-refractivity contribution >= 4 is 39.7 Å². The Labute approximate surface area is 226 Å². The second kappa shape index (κ2) is 11.0. The number of esters is 1. The Morgan fingerprint density at radius 3 is 2.49 bits per heavy atom. The number of aromatic nitrogens is 1. The molecular formula is C28H36N4O3S2. The van der Waals surface area contributed by atoms with E-state index in [-0.39, 0.29) is 12.0 Å². The largest absolute Gasteiger partial charge is 0.462 e. The van der Waals surface area contributed by atoms with Crippen LogP contribution in [0.2, 0.25) is 0 Å². The fraction of sp³-hybridized carbons (Fsp3) is 0.500. The van der Waals surface area contributed by atoms with Gasteiger partial charge in [0.1, 0.15) is 10.0 Å². The molecule has 0 aromatic carbocycles. The molecule has 2 aliphatic rings. The molecule has 0 atom stereocenters. The van der Waals surface area contributed by atoms with E-state index in [2.05, 4.69) is 53.0 Å². The SMILES string of the molecule is CCOC(=O)c1c(NC(=O)NCc2c(-n3c(C)ccc3C)sc3c2CCN(CC)C3)sc2c1CCCC2. The minimum Gasteiger partial charge on any atom is -0.462 e. The van der Waals surface area contributed by atoms with Crippen molar-refractivity contribution in [1.29, 1.82) is 0 Å². The number of nitrogens with one attached hydrogen (secondary N) is 2. The molecule has 0 unspecified atom stereocenters. The van der Waals surface area contributed by atoms with Gasteiger partial charge in [-0.1, -0.05) is 6.92 Å². The van der Waals surface area contributed by atoms with Gasteiger partial charge in [0.15, 0.2) is 0 Å². The van der Waals surface area contributed by atoms with Gasteiger partial charge in [-0.2, -0.15) is 0 Å². The summed E-state index contributed by atoms with van der Waals surface area (Å²) >= 11 is 3.36. The number of carbonyl (C=O) groups excluding carboxylic acids is 2. The minimum atomic E-state index is -0.342. The second-order valence-corrected chi connectivity index (χ2v) is 12.0. The van der Waals surface area contributed by atoms with E-state index in [1.807, 2.05) is 18.3 Å². The van der Waals surface area contributed by atoms with Crippen LogP contribution >= 0.6 is 22.7 Å². The zero-order valence-electron chi connectivity index (χ0n) is 22.2. The number of ether oxygens (including phenoxy) is 1. The van der Waals surface area contributed by atoms with Gasteiger partial charge in [0.2, 0.25) is 0 Å². The van der Waals surface area contributed by atoms with Crippen molar-refractivity contribution < 1.29 is 14.3 Å². The fourth-order valence-corrected chi connectivity index (χ4v) is 8.32. The summed E-state index contributed by atoms with van der Waals surface area (Å²) in [6, 6.07) is 4.00. The highest BCUT2D eigenvalue weighted by molar-refractivity contribution is 7.17. The maximum absolute atomic E-state index is 13.2. The summed E-state index contributed by atoms with van der Waals surface area (Å²) < 4.78 is 7.65. The van der Waals surface area contributed by atoms with Gasteiger partial charge >= 0.3 is 12.0 Å². The van der Waals surface area contributed by atoms with Gasteiger partial charge in [-0.15, -0.1) is 22.7 Å². The molecule has 1 aliphatic carbocycles. The molecule has 198 valence electrons. The maximum Gasteiger partial charge on any atom is 0.341 e. The number of aryl methyl sites for hydroxylation is 3. The molecule has 0 saturated carbocycles. The first-order chi connectivity index (χ1) is 17.9. The topological polar surface area (TPSA) is 75.6 Å². The second-order valence-electron chi connectivity index (χ2n) is 9.80. The highest BCUT2D eigenvalue weighted by Crippen LogP contribution is 2.39. The Bertz CT molecular complexity index is 1300. The number of hydrogen-bond donors (Lipinski definition) is 2. The van der Waals surface area contributed by atoms with Gasteiger partial charge in [-0.25, -0.2) is 9.59 Å². The highest BCUT2D eigenvalue weighted by Gasteiger charge is 2.28. The van der Waals surface area contributed by atoms with Gasteiger partial charge in [0.25, 0.3) is 0 Å². The number of carbonyl (C=O) groups is 2. The van der Waals surface area contributed by atoms with Gasteiger partial charge < -0.3 is 14.6 Å². The zero-order valence-corrected chi connectivity index (χ0v) is 23.8. The van der Waals surface area contributed by atoms with E-state index in [1.54, 1.807) is 0 Å². The van der Waals surface area contributed by atoms with Crippen LogP contribution in [0, 0.1) is 13.8 Å². The van der Waals surface area contributed by atoms with Crippen LogP contribution in [-0.2, 0) is 37.1 Å². The molecule has 3 aromatic heterocycles. The van der Waals surface area contributed by atoms with Crippen LogP contribution in [0.3, 0.4) is 0 Å². The summed E-state index contributed by atoms with van der Waals surface area (Å²) in [5.74, 6) is -0.342. The number of anilines is 1. The first-order valence-corrected chi connectivity index (χ1v) is 14.9. The lowest BCUT2D eigenvalue weighted by Crippen LogP contribution is -2.31. The number of hydrogen-bond acceptors (Lipinski definition) is 6. The molecule has 2 N–H and O–H groups in total. The van der Waals surface area contributed by atoms with Crippen molar-refractivity contribution in [1.82, 2.24) is 14.8 Å². The van der Waals surface area contributed by atoms with Crippen LogP contribution in [-0.4, -0.2) is 41.2 Å². The lowest BCUT2D eigenvalue weighted by molar-refractivity contribution is 0.0526. The van der Waals surface area contributed by atoms with Crippen LogP contribution in [0.5, 0.6) is 0 Å². The number of likely N-dealkylation sites (N-methyl/N-ethyl adjacent to an activating group) is 1. The number of fused-ring (bicyclic) bond motifs is 2. The Kier molecular flexibility index (Phi) is 7.74. The molecule has 9 heteroatoms. The molecule has 3 aromatic rings. The molecule has 1 aliphatic heterocycles. The van der Waals surface area contributed by atoms with Crippen LogP contribution in [0.25, 0.3) is 5.00 Å². The molecule has 4 heterocycles. The van der Waals surface area contributed by atoms with Crippen LogP contribution in [0.1, 0.15) is 74.9 Å². The molecule has 0 bridgehead atoms. The Morgan fingerprint density at radius 2 is 1.76 bits per heavy atom. The zero-order chi connectivity index (χ0) is 26.1. The Balaban J connectivity index is 1.40. The van der Waals surface area contributed by atoms with E-state index < -0.39 is 0 Å². The summed E-state index contributed by atoms with van der Waals surface area (Å²) in [5, 5.41) is 7.91. The predicted molar refractivity (Wildman–Crippen MR) is 151 cm³/mol. The molecule has 7 nitrogen and oxygen atoms in total. The fourth-order valence-electron chi connectivity index (χ4n) is 5.52. The molecular weight excluding hydrogens is 504 g/mol. The predicted octanol–water partition coefficient (Wildman–Crippen LogP) is 5.97. The molecule has 0 saturated heterocycles. The lowest BCUT2D eigenvalue weighted by atomic mass is 9.95. The Hall–Kier alpha value is -2.62. The summed E-state index contributed by atoms with van der Waals surface area (Å²) in [4.78, 5) is 31.0. The molecule has 0 radical (unpaired) electrons. The van der Waals surface area contributed by atoms with E-state index in [0.29, 0.717) is 23.7 Å². The van der Waals surface area contributed by atoms with Gasteiger partial charge in [-0.05, 0) is 82.7 Å². The number of rotatable bonds is 7. The first kappa shape index (κ1) is 26.0. The molecule has 5 rings (SSSR count). The van der Waals surface area contributed by atoms with Crippen molar-refractivity contribution in [3.63, 3.8) is 0 Å². The number of thiophene rings is 2. The van der Waals surface area contributed by atoms with Crippen LogP contribution in [0.4, 0.5) is 9.80 Å².